The monoisotopic (exact) mass is 390 g/mol. The second-order valence-electron chi connectivity index (χ2n) is 6.26. The topological polar surface area (TPSA) is 58.6 Å². The number of para-hydroxylation sites is 1. The lowest BCUT2D eigenvalue weighted by atomic mass is 10.1. The van der Waals surface area contributed by atoms with E-state index in [0.29, 0.717) is 18.8 Å². The normalized spacial score (nSPS) is 16.5. The van der Waals surface area contributed by atoms with E-state index in [4.69, 9.17) is 16.3 Å². The van der Waals surface area contributed by atoms with E-state index in [1.807, 2.05) is 31.2 Å². The molecule has 2 aromatic carbocycles. The van der Waals surface area contributed by atoms with E-state index in [1.54, 1.807) is 0 Å². The van der Waals surface area contributed by atoms with Crippen LogP contribution < -0.4 is 15.0 Å². The average Bonchev–Trinajstić information content (AvgIpc) is 3.05. The molecule has 7 heteroatoms. The summed E-state index contributed by atoms with van der Waals surface area (Å²) < 4.78 is 18.9. The van der Waals surface area contributed by atoms with E-state index in [0.717, 1.165) is 11.3 Å². The first kappa shape index (κ1) is 19.2. The number of hydrogen-bond donors (Lipinski definition) is 1. The van der Waals surface area contributed by atoms with Crippen LogP contribution in [0.15, 0.2) is 42.5 Å². The molecule has 0 bridgehead atoms. The summed E-state index contributed by atoms with van der Waals surface area (Å²) >= 11 is 5.79. The van der Waals surface area contributed by atoms with E-state index in [9.17, 15) is 14.0 Å². The number of carbonyl (C=O) groups is 2. The molecule has 0 saturated carbocycles. The number of hydrogen-bond acceptors (Lipinski definition) is 3. The zero-order valence-corrected chi connectivity index (χ0v) is 15.6. The van der Waals surface area contributed by atoms with Crippen LogP contribution in [0.1, 0.15) is 18.9 Å². The Hall–Kier alpha value is -2.60. The van der Waals surface area contributed by atoms with Crippen molar-refractivity contribution in [1.82, 2.24) is 5.32 Å². The molecule has 1 N–H and O–H groups in total. The van der Waals surface area contributed by atoms with Gasteiger partial charge in [0.15, 0.2) is 0 Å². The van der Waals surface area contributed by atoms with Crippen molar-refractivity contribution in [2.45, 2.75) is 19.9 Å². The third kappa shape index (κ3) is 4.39. The van der Waals surface area contributed by atoms with Crippen molar-refractivity contribution in [3.8, 4) is 5.75 Å². The summed E-state index contributed by atoms with van der Waals surface area (Å²) in [5.41, 5.74) is 1.36. The number of halogens is 2. The number of anilines is 1. The molecule has 1 aliphatic heterocycles. The molecule has 1 heterocycles. The third-order valence-corrected chi connectivity index (χ3v) is 4.73. The second-order valence-corrected chi connectivity index (χ2v) is 6.67. The van der Waals surface area contributed by atoms with Crippen molar-refractivity contribution < 1.29 is 18.7 Å². The van der Waals surface area contributed by atoms with Gasteiger partial charge in [-0.2, -0.15) is 0 Å². The van der Waals surface area contributed by atoms with Gasteiger partial charge in [0.1, 0.15) is 11.6 Å². The van der Waals surface area contributed by atoms with Gasteiger partial charge in [-0.1, -0.05) is 29.8 Å². The Balaban J connectivity index is 1.63. The minimum absolute atomic E-state index is 0.0549. The minimum Gasteiger partial charge on any atom is -0.494 e. The van der Waals surface area contributed by atoms with Crippen molar-refractivity contribution in [3.05, 3.63) is 58.9 Å². The average molecular weight is 391 g/mol. The van der Waals surface area contributed by atoms with Gasteiger partial charge >= 0.3 is 0 Å². The first-order valence-electron chi connectivity index (χ1n) is 8.73. The Morgan fingerprint density at radius 3 is 2.85 bits per heavy atom. The van der Waals surface area contributed by atoms with Crippen molar-refractivity contribution in [1.29, 1.82) is 0 Å². The molecule has 0 aliphatic carbocycles. The number of rotatable bonds is 6. The van der Waals surface area contributed by atoms with Crippen molar-refractivity contribution in [3.63, 3.8) is 0 Å². The van der Waals surface area contributed by atoms with Crippen LogP contribution >= 0.6 is 11.6 Å². The number of amides is 2. The molecule has 0 radical (unpaired) electrons. The van der Waals surface area contributed by atoms with E-state index in [1.165, 1.54) is 23.1 Å². The van der Waals surface area contributed by atoms with Gasteiger partial charge in [-0.3, -0.25) is 9.59 Å². The lowest BCUT2D eigenvalue weighted by Gasteiger charge is -2.17. The Bertz CT molecular complexity index is 859. The molecule has 1 saturated heterocycles. The summed E-state index contributed by atoms with van der Waals surface area (Å²) in [5, 5.41) is 2.81. The maximum Gasteiger partial charge on any atom is 0.227 e. The number of benzene rings is 2. The summed E-state index contributed by atoms with van der Waals surface area (Å²) in [5.74, 6) is -0.682. The number of carbonyl (C=O) groups excluding carboxylic acids is 2. The van der Waals surface area contributed by atoms with E-state index >= 15 is 0 Å². The largest absolute Gasteiger partial charge is 0.494 e. The summed E-state index contributed by atoms with van der Waals surface area (Å²) in [6, 6.07) is 11.6. The highest BCUT2D eigenvalue weighted by Gasteiger charge is 2.35. The van der Waals surface area contributed by atoms with Gasteiger partial charge in [0.2, 0.25) is 11.8 Å². The Labute approximate surface area is 162 Å². The molecule has 27 heavy (non-hydrogen) atoms. The fraction of sp³-hybridized carbons (Fsp3) is 0.300. The highest BCUT2D eigenvalue weighted by atomic mass is 35.5. The van der Waals surface area contributed by atoms with Gasteiger partial charge < -0.3 is 15.0 Å². The molecule has 1 fully saturated rings. The van der Waals surface area contributed by atoms with Gasteiger partial charge in [-0.05, 0) is 31.2 Å². The summed E-state index contributed by atoms with van der Waals surface area (Å²) in [4.78, 5) is 26.3. The van der Waals surface area contributed by atoms with Crippen molar-refractivity contribution in [2.24, 2.45) is 5.92 Å². The fourth-order valence-electron chi connectivity index (χ4n) is 3.06. The number of nitrogens with zero attached hydrogens (tertiary/aromatic N) is 1. The zero-order chi connectivity index (χ0) is 19.4. The van der Waals surface area contributed by atoms with Gasteiger partial charge in [-0.15, -0.1) is 0 Å². The lowest BCUT2D eigenvalue weighted by Crippen LogP contribution is -2.32. The Morgan fingerprint density at radius 1 is 1.33 bits per heavy atom. The van der Waals surface area contributed by atoms with Gasteiger partial charge in [0.25, 0.3) is 0 Å². The second kappa shape index (κ2) is 8.39. The molecular weight excluding hydrogens is 371 g/mol. The standard InChI is InChI=1S/C20H20ClFN2O3/c1-2-27-18-6-4-3-5-13(18)11-23-20(26)14-9-19(25)24(12-14)15-7-8-17(22)16(21)10-15/h3-8,10,14H,2,9,11-12H2,1H3,(H,23,26). The van der Waals surface area contributed by atoms with Crippen LogP contribution in [0.25, 0.3) is 0 Å². The Kier molecular flexibility index (Phi) is 5.96. The molecule has 0 spiro atoms. The van der Waals surface area contributed by atoms with Crippen LogP contribution in [0.2, 0.25) is 5.02 Å². The first-order chi connectivity index (χ1) is 13.0. The predicted molar refractivity (Wildman–Crippen MR) is 101 cm³/mol. The highest BCUT2D eigenvalue weighted by molar-refractivity contribution is 6.31. The molecular formula is C20H20ClFN2O3. The fourth-order valence-corrected chi connectivity index (χ4v) is 3.23. The molecule has 1 unspecified atom stereocenters. The van der Waals surface area contributed by atoms with Gasteiger partial charge in [0, 0.05) is 30.8 Å². The predicted octanol–water partition coefficient (Wildman–Crippen LogP) is 3.55. The maximum absolute atomic E-state index is 13.3. The van der Waals surface area contributed by atoms with Gasteiger partial charge in [-0.25, -0.2) is 4.39 Å². The smallest absolute Gasteiger partial charge is 0.227 e. The van der Waals surface area contributed by atoms with Crippen molar-refractivity contribution in [2.75, 3.05) is 18.1 Å². The van der Waals surface area contributed by atoms with Crippen LogP contribution in [-0.2, 0) is 16.1 Å². The Morgan fingerprint density at radius 2 is 2.11 bits per heavy atom. The minimum atomic E-state index is -0.547. The quantitative estimate of drug-likeness (QED) is 0.820. The lowest BCUT2D eigenvalue weighted by molar-refractivity contribution is -0.126. The maximum atomic E-state index is 13.3. The summed E-state index contributed by atoms with van der Waals surface area (Å²) in [7, 11) is 0. The van der Waals surface area contributed by atoms with Gasteiger partial charge in [0.05, 0.1) is 17.5 Å². The van der Waals surface area contributed by atoms with Crippen LogP contribution in [0.5, 0.6) is 5.75 Å². The summed E-state index contributed by atoms with van der Waals surface area (Å²) in [6.07, 6.45) is 0.105. The molecule has 0 aromatic heterocycles. The van der Waals surface area contributed by atoms with Crippen LogP contribution in [0, 0.1) is 11.7 Å². The molecule has 3 rings (SSSR count). The highest BCUT2D eigenvalue weighted by Crippen LogP contribution is 2.28. The molecule has 2 aromatic rings. The van der Waals surface area contributed by atoms with Crippen molar-refractivity contribution >= 4 is 29.1 Å². The van der Waals surface area contributed by atoms with E-state index < -0.39 is 11.7 Å². The molecule has 5 nitrogen and oxygen atoms in total. The molecule has 142 valence electrons. The first-order valence-corrected chi connectivity index (χ1v) is 9.11. The number of nitrogens with one attached hydrogen (secondary N) is 1. The summed E-state index contributed by atoms with van der Waals surface area (Å²) in [6.45, 7) is 2.99. The van der Waals surface area contributed by atoms with Crippen LogP contribution in [-0.4, -0.2) is 25.0 Å². The molecule has 2 amide bonds. The van der Waals surface area contributed by atoms with Crippen LogP contribution in [0.3, 0.4) is 0 Å². The van der Waals surface area contributed by atoms with E-state index in [2.05, 4.69) is 5.32 Å². The number of ether oxygens (including phenoxy) is 1. The zero-order valence-electron chi connectivity index (χ0n) is 14.9. The third-order valence-electron chi connectivity index (χ3n) is 4.44. The van der Waals surface area contributed by atoms with E-state index in [-0.39, 0.29) is 29.8 Å². The SMILES string of the molecule is CCOc1ccccc1CNC(=O)C1CC(=O)N(c2ccc(F)c(Cl)c2)C1. The molecule has 1 aliphatic rings. The van der Waals surface area contributed by atoms with Crippen LogP contribution in [0.4, 0.5) is 10.1 Å². The molecule has 1 atom stereocenters.